The normalized spacial score (nSPS) is 11.9. The Morgan fingerprint density at radius 1 is 1.35 bits per heavy atom. The Kier molecular flexibility index (Phi) is 4.15. The van der Waals surface area contributed by atoms with Crippen LogP contribution in [0.25, 0.3) is 0 Å². The molecule has 1 aromatic rings. The van der Waals surface area contributed by atoms with Crippen molar-refractivity contribution in [2.24, 2.45) is 0 Å². The number of hydrogen-bond acceptors (Lipinski definition) is 2. The number of hydrogen-bond donors (Lipinski definition) is 1. The zero-order chi connectivity index (χ0) is 13.2. The standard InChI is InChI=1S/C14H25N3/c1-10(2)9-17-12(4)13(11(3)16-17)8-15-14(5,6)7/h15H,1,8-9H2,2-7H3. The lowest BCUT2D eigenvalue weighted by Crippen LogP contribution is -2.35. The summed E-state index contributed by atoms with van der Waals surface area (Å²) in [5, 5.41) is 8.08. The molecule has 0 aromatic carbocycles. The summed E-state index contributed by atoms with van der Waals surface area (Å²) in [7, 11) is 0. The van der Waals surface area contributed by atoms with Crippen LogP contribution in [0.4, 0.5) is 0 Å². The second kappa shape index (κ2) is 5.05. The summed E-state index contributed by atoms with van der Waals surface area (Å²) in [6.45, 7) is 18.4. The minimum atomic E-state index is 0.134. The van der Waals surface area contributed by atoms with E-state index < -0.39 is 0 Å². The van der Waals surface area contributed by atoms with Gasteiger partial charge in [-0.2, -0.15) is 5.10 Å². The molecule has 0 atom stereocenters. The Morgan fingerprint density at radius 2 is 1.94 bits per heavy atom. The minimum absolute atomic E-state index is 0.134. The average molecular weight is 235 g/mol. The Morgan fingerprint density at radius 3 is 2.41 bits per heavy atom. The van der Waals surface area contributed by atoms with E-state index in [1.54, 1.807) is 0 Å². The molecule has 3 heteroatoms. The molecule has 96 valence electrons. The molecule has 0 bridgehead atoms. The van der Waals surface area contributed by atoms with Crippen LogP contribution < -0.4 is 5.32 Å². The van der Waals surface area contributed by atoms with Gasteiger partial charge in [0.2, 0.25) is 0 Å². The first-order valence-corrected chi connectivity index (χ1v) is 6.13. The van der Waals surface area contributed by atoms with Gasteiger partial charge in [0.25, 0.3) is 0 Å². The molecular formula is C14H25N3. The number of aromatic nitrogens is 2. The zero-order valence-corrected chi connectivity index (χ0v) is 12.0. The Bertz CT molecular complexity index is 408. The molecule has 0 unspecified atom stereocenters. The summed E-state index contributed by atoms with van der Waals surface area (Å²) in [5.74, 6) is 0. The van der Waals surface area contributed by atoms with Gasteiger partial charge in [-0.3, -0.25) is 4.68 Å². The van der Waals surface area contributed by atoms with Crippen molar-refractivity contribution in [3.63, 3.8) is 0 Å². The Balaban J connectivity index is 2.86. The van der Waals surface area contributed by atoms with Gasteiger partial charge in [-0.05, 0) is 41.5 Å². The lowest BCUT2D eigenvalue weighted by molar-refractivity contribution is 0.423. The van der Waals surface area contributed by atoms with Crippen molar-refractivity contribution in [3.8, 4) is 0 Å². The lowest BCUT2D eigenvalue weighted by atomic mass is 10.1. The van der Waals surface area contributed by atoms with Gasteiger partial charge in [0.15, 0.2) is 0 Å². The molecule has 17 heavy (non-hydrogen) atoms. The molecule has 0 saturated carbocycles. The van der Waals surface area contributed by atoms with Crippen LogP contribution in [-0.4, -0.2) is 15.3 Å². The third-order valence-electron chi connectivity index (χ3n) is 2.75. The lowest BCUT2D eigenvalue weighted by Gasteiger charge is -2.20. The summed E-state index contributed by atoms with van der Waals surface area (Å²) in [6, 6.07) is 0. The van der Waals surface area contributed by atoms with Crippen LogP contribution in [0.5, 0.6) is 0 Å². The van der Waals surface area contributed by atoms with Gasteiger partial charge in [-0.1, -0.05) is 12.2 Å². The van der Waals surface area contributed by atoms with E-state index >= 15 is 0 Å². The Hall–Kier alpha value is -1.09. The van der Waals surface area contributed by atoms with E-state index in [1.165, 1.54) is 11.3 Å². The predicted molar refractivity (Wildman–Crippen MR) is 73.1 cm³/mol. The van der Waals surface area contributed by atoms with Gasteiger partial charge in [0.05, 0.1) is 12.2 Å². The first-order chi connectivity index (χ1) is 7.70. The van der Waals surface area contributed by atoms with Gasteiger partial charge in [-0.25, -0.2) is 0 Å². The van der Waals surface area contributed by atoms with E-state index in [2.05, 4.69) is 51.6 Å². The van der Waals surface area contributed by atoms with Crippen molar-refractivity contribution in [1.29, 1.82) is 0 Å². The first kappa shape index (κ1) is 14.0. The highest BCUT2D eigenvalue weighted by Crippen LogP contribution is 2.15. The SMILES string of the molecule is C=C(C)Cn1nc(C)c(CNC(C)(C)C)c1C. The van der Waals surface area contributed by atoms with Crippen LogP contribution in [0.2, 0.25) is 0 Å². The molecule has 0 radical (unpaired) electrons. The molecule has 0 amide bonds. The molecule has 0 saturated heterocycles. The summed E-state index contributed by atoms with van der Waals surface area (Å²) in [6.07, 6.45) is 0. The molecule has 1 N–H and O–H groups in total. The fourth-order valence-electron chi connectivity index (χ4n) is 1.75. The summed E-state index contributed by atoms with van der Waals surface area (Å²) in [5.41, 5.74) is 4.92. The molecule has 0 spiro atoms. The number of nitrogens with one attached hydrogen (secondary N) is 1. The van der Waals surface area contributed by atoms with Gasteiger partial charge in [0, 0.05) is 23.3 Å². The van der Waals surface area contributed by atoms with Gasteiger partial charge < -0.3 is 5.32 Å². The maximum Gasteiger partial charge on any atom is 0.0641 e. The van der Waals surface area contributed by atoms with Crippen LogP contribution in [0.15, 0.2) is 12.2 Å². The van der Waals surface area contributed by atoms with Crippen molar-refractivity contribution in [2.45, 2.75) is 60.2 Å². The zero-order valence-electron chi connectivity index (χ0n) is 12.0. The van der Waals surface area contributed by atoms with E-state index in [1.807, 2.05) is 11.6 Å². The number of nitrogens with zero attached hydrogens (tertiary/aromatic N) is 2. The van der Waals surface area contributed by atoms with E-state index in [4.69, 9.17) is 0 Å². The highest BCUT2D eigenvalue weighted by Gasteiger charge is 2.14. The number of rotatable bonds is 4. The third-order valence-corrected chi connectivity index (χ3v) is 2.75. The van der Waals surface area contributed by atoms with Crippen LogP contribution in [-0.2, 0) is 13.1 Å². The molecule has 0 aliphatic rings. The van der Waals surface area contributed by atoms with Crippen LogP contribution in [0.1, 0.15) is 44.6 Å². The van der Waals surface area contributed by atoms with Crippen LogP contribution in [0, 0.1) is 13.8 Å². The summed E-state index contributed by atoms with van der Waals surface area (Å²) >= 11 is 0. The van der Waals surface area contributed by atoms with Crippen molar-refractivity contribution in [3.05, 3.63) is 29.1 Å². The molecule has 0 fully saturated rings. The Labute approximate surface area is 105 Å². The quantitative estimate of drug-likeness (QED) is 0.813. The average Bonchev–Trinajstić information content (AvgIpc) is 2.37. The minimum Gasteiger partial charge on any atom is -0.308 e. The van der Waals surface area contributed by atoms with E-state index in [-0.39, 0.29) is 5.54 Å². The number of aryl methyl sites for hydroxylation is 1. The molecule has 1 rings (SSSR count). The monoisotopic (exact) mass is 235 g/mol. The maximum absolute atomic E-state index is 4.57. The largest absolute Gasteiger partial charge is 0.308 e. The van der Waals surface area contributed by atoms with Crippen molar-refractivity contribution in [2.75, 3.05) is 0 Å². The van der Waals surface area contributed by atoms with Crippen LogP contribution >= 0.6 is 0 Å². The van der Waals surface area contributed by atoms with Crippen molar-refractivity contribution >= 4 is 0 Å². The first-order valence-electron chi connectivity index (χ1n) is 6.13. The fraction of sp³-hybridized carbons (Fsp3) is 0.643. The van der Waals surface area contributed by atoms with E-state index in [0.717, 1.165) is 24.4 Å². The fourth-order valence-corrected chi connectivity index (χ4v) is 1.75. The predicted octanol–water partition coefficient (Wildman–Crippen LogP) is 2.96. The van der Waals surface area contributed by atoms with E-state index in [0.29, 0.717) is 0 Å². The topological polar surface area (TPSA) is 29.9 Å². The van der Waals surface area contributed by atoms with Gasteiger partial charge >= 0.3 is 0 Å². The molecule has 0 aliphatic heterocycles. The second-order valence-electron chi connectivity index (χ2n) is 5.87. The molecule has 0 aliphatic carbocycles. The summed E-state index contributed by atoms with van der Waals surface area (Å²) in [4.78, 5) is 0. The smallest absolute Gasteiger partial charge is 0.0641 e. The highest BCUT2D eigenvalue weighted by atomic mass is 15.3. The maximum atomic E-state index is 4.57. The highest BCUT2D eigenvalue weighted by molar-refractivity contribution is 5.25. The van der Waals surface area contributed by atoms with Gasteiger partial charge in [0.1, 0.15) is 0 Å². The second-order valence-corrected chi connectivity index (χ2v) is 5.87. The molecular weight excluding hydrogens is 210 g/mol. The molecule has 1 heterocycles. The third kappa shape index (κ3) is 4.00. The van der Waals surface area contributed by atoms with Crippen molar-refractivity contribution in [1.82, 2.24) is 15.1 Å². The van der Waals surface area contributed by atoms with Crippen LogP contribution in [0.3, 0.4) is 0 Å². The molecule has 3 nitrogen and oxygen atoms in total. The molecule has 1 aromatic heterocycles. The number of allylic oxidation sites excluding steroid dienone is 1. The van der Waals surface area contributed by atoms with E-state index in [9.17, 15) is 0 Å². The summed E-state index contributed by atoms with van der Waals surface area (Å²) < 4.78 is 2.04. The van der Waals surface area contributed by atoms with Gasteiger partial charge in [-0.15, -0.1) is 0 Å². The van der Waals surface area contributed by atoms with Crippen molar-refractivity contribution < 1.29 is 0 Å².